The van der Waals surface area contributed by atoms with E-state index < -0.39 is 6.10 Å². The molecule has 2 amide bonds. The topological polar surface area (TPSA) is 91.2 Å². The zero-order chi connectivity index (χ0) is 19.4. The number of nitriles is 1. The van der Waals surface area contributed by atoms with Crippen LogP contribution in [0, 0.1) is 11.3 Å². The summed E-state index contributed by atoms with van der Waals surface area (Å²) in [6.07, 6.45) is 1.19. The van der Waals surface area contributed by atoms with Crippen molar-refractivity contribution in [2.24, 2.45) is 0 Å². The Morgan fingerprint density at radius 3 is 2.56 bits per heavy atom. The summed E-state index contributed by atoms with van der Waals surface area (Å²) >= 11 is 6.10. The van der Waals surface area contributed by atoms with E-state index in [1.54, 1.807) is 49.4 Å². The maximum absolute atomic E-state index is 12.4. The Balaban J connectivity index is 1.63. The van der Waals surface area contributed by atoms with Gasteiger partial charge in [-0.05, 0) is 62.2 Å². The third kappa shape index (κ3) is 4.99. The molecular weight excluding hydrogens is 366 g/mol. The lowest BCUT2D eigenvalue weighted by atomic mass is 10.1. The maximum atomic E-state index is 12.4. The molecule has 1 aliphatic rings. The van der Waals surface area contributed by atoms with E-state index in [9.17, 15) is 9.59 Å². The molecule has 1 saturated carbocycles. The molecule has 2 N–H and O–H groups in total. The number of nitrogens with one attached hydrogen (secondary N) is 2. The Bertz CT molecular complexity index is 902. The minimum atomic E-state index is -0.766. The fraction of sp³-hybridized carbons (Fsp3) is 0.250. The van der Waals surface area contributed by atoms with Crippen molar-refractivity contribution in [2.45, 2.75) is 31.9 Å². The van der Waals surface area contributed by atoms with E-state index in [0.717, 1.165) is 12.8 Å². The molecule has 0 aliphatic heterocycles. The number of anilines is 1. The number of ether oxygens (including phenoxy) is 1. The highest BCUT2D eigenvalue weighted by Crippen LogP contribution is 2.24. The van der Waals surface area contributed by atoms with E-state index >= 15 is 0 Å². The quantitative estimate of drug-likeness (QED) is 0.798. The van der Waals surface area contributed by atoms with Crippen LogP contribution in [-0.4, -0.2) is 24.0 Å². The summed E-state index contributed by atoms with van der Waals surface area (Å²) in [5.74, 6) is -0.132. The molecule has 1 unspecified atom stereocenters. The highest BCUT2D eigenvalue weighted by Gasteiger charge is 2.25. The van der Waals surface area contributed by atoms with Crippen molar-refractivity contribution in [3.8, 4) is 11.8 Å². The van der Waals surface area contributed by atoms with Crippen LogP contribution < -0.4 is 15.4 Å². The number of hydrogen-bond acceptors (Lipinski definition) is 4. The second-order valence-corrected chi connectivity index (χ2v) is 6.74. The van der Waals surface area contributed by atoms with Crippen molar-refractivity contribution in [3.63, 3.8) is 0 Å². The molecule has 27 heavy (non-hydrogen) atoms. The predicted molar refractivity (Wildman–Crippen MR) is 102 cm³/mol. The zero-order valence-electron chi connectivity index (χ0n) is 14.7. The van der Waals surface area contributed by atoms with Crippen molar-refractivity contribution >= 4 is 29.1 Å². The van der Waals surface area contributed by atoms with Gasteiger partial charge in [-0.25, -0.2) is 0 Å². The van der Waals surface area contributed by atoms with Gasteiger partial charge in [0.2, 0.25) is 0 Å². The SMILES string of the molecule is CC(Oc1ccc(C#N)cc1)C(=O)Nc1ccc(Cl)c(C(=O)NC2CC2)c1. The van der Waals surface area contributed by atoms with Crippen LogP contribution in [0.5, 0.6) is 5.75 Å². The maximum Gasteiger partial charge on any atom is 0.265 e. The van der Waals surface area contributed by atoms with Crippen LogP contribution in [0.25, 0.3) is 0 Å². The summed E-state index contributed by atoms with van der Waals surface area (Å²) in [7, 11) is 0. The van der Waals surface area contributed by atoms with E-state index in [1.165, 1.54) is 0 Å². The third-order valence-corrected chi connectivity index (χ3v) is 4.39. The van der Waals surface area contributed by atoms with Crippen molar-refractivity contribution in [2.75, 3.05) is 5.32 Å². The van der Waals surface area contributed by atoms with Gasteiger partial charge in [-0.1, -0.05) is 11.6 Å². The minimum absolute atomic E-state index is 0.215. The van der Waals surface area contributed by atoms with Gasteiger partial charge in [0.25, 0.3) is 11.8 Å². The van der Waals surface area contributed by atoms with Gasteiger partial charge in [0.15, 0.2) is 6.10 Å². The molecular formula is C20H18ClN3O3. The summed E-state index contributed by atoms with van der Waals surface area (Å²) in [6.45, 7) is 1.62. The Kier molecular flexibility index (Phi) is 5.63. The van der Waals surface area contributed by atoms with Gasteiger partial charge in [-0.2, -0.15) is 5.26 Å². The van der Waals surface area contributed by atoms with Crippen LogP contribution in [0.4, 0.5) is 5.69 Å². The number of benzene rings is 2. The van der Waals surface area contributed by atoms with E-state index in [1.807, 2.05) is 6.07 Å². The Labute approximate surface area is 162 Å². The average molecular weight is 384 g/mol. The molecule has 7 heteroatoms. The number of halogens is 1. The number of rotatable bonds is 6. The van der Waals surface area contributed by atoms with Crippen molar-refractivity contribution < 1.29 is 14.3 Å². The predicted octanol–water partition coefficient (Wildman–Crippen LogP) is 3.51. The Morgan fingerprint density at radius 2 is 1.93 bits per heavy atom. The lowest BCUT2D eigenvalue weighted by molar-refractivity contribution is -0.122. The van der Waals surface area contributed by atoms with Crippen molar-refractivity contribution in [1.29, 1.82) is 5.26 Å². The summed E-state index contributed by atoms with van der Waals surface area (Å²) in [5, 5.41) is 14.7. The Hall–Kier alpha value is -3.04. The Morgan fingerprint density at radius 1 is 1.22 bits per heavy atom. The van der Waals surface area contributed by atoms with Gasteiger partial charge in [0, 0.05) is 11.7 Å². The first kappa shape index (κ1) is 18.7. The molecule has 0 saturated heterocycles. The number of carbonyl (C=O) groups is 2. The van der Waals surface area contributed by atoms with E-state index in [4.69, 9.17) is 21.6 Å². The fourth-order valence-electron chi connectivity index (χ4n) is 2.38. The molecule has 1 atom stereocenters. The average Bonchev–Trinajstić information content (AvgIpc) is 3.47. The molecule has 6 nitrogen and oxygen atoms in total. The van der Waals surface area contributed by atoms with Gasteiger partial charge in [0.1, 0.15) is 5.75 Å². The number of nitrogens with zero attached hydrogens (tertiary/aromatic N) is 1. The molecule has 2 aromatic rings. The summed E-state index contributed by atoms with van der Waals surface area (Å²) < 4.78 is 5.58. The van der Waals surface area contributed by atoms with Gasteiger partial charge in [-0.15, -0.1) is 0 Å². The van der Waals surface area contributed by atoms with Crippen LogP contribution in [0.2, 0.25) is 5.02 Å². The molecule has 138 valence electrons. The standard InChI is InChI=1S/C20H18ClN3O3/c1-12(27-16-7-2-13(11-22)3-8-16)19(25)24-15-6-9-18(21)17(10-15)20(26)23-14-4-5-14/h2-3,6-10,12,14H,4-5H2,1H3,(H,23,26)(H,24,25). The number of hydrogen-bond donors (Lipinski definition) is 2. The highest BCUT2D eigenvalue weighted by molar-refractivity contribution is 6.34. The minimum Gasteiger partial charge on any atom is -0.481 e. The zero-order valence-corrected chi connectivity index (χ0v) is 15.4. The highest BCUT2D eigenvalue weighted by atomic mass is 35.5. The van der Waals surface area contributed by atoms with Crippen LogP contribution >= 0.6 is 11.6 Å². The second-order valence-electron chi connectivity index (χ2n) is 6.33. The number of carbonyl (C=O) groups excluding carboxylic acids is 2. The monoisotopic (exact) mass is 383 g/mol. The fourth-order valence-corrected chi connectivity index (χ4v) is 2.58. The summed E-state index contributed by atoms with van der Waals surface area (Å²) in [4.78, 5) is 24.6. The molecule has 3 rings (SSSR count). The molecule has 0 spiro atoms. The summed E-state index contributed by atoms with van der Waals surface area (Å²) in [6, 6.07) is 13.5. The van der Waals surface area contributed by atoms with Crippen LogP contribution in [0.3, 0.4) is 0 Å². The van der Waals surface area contributed by atoms with E-state index in [-0.39, 0.29) is 17.9 Å². The lowest BCUT2D eigenvalue weighted by Gasteiger charge is -2.15. The van der Waals surface area contributed by atoms with Crippen LogP contribution in [-0.2, 0) is 4.79 Å². The lowest BCUT2D eigenvalue weighted by Crippen LogP contribution is -2.30. The third-order valence-electron chi connectivity index (χ3n) is 4.06. The molecule has 0 bridgehead atoms. The molecule has 0 aromatic heterocycles. The van der Waals surface area contributed by atoms with Gasteiger partial charge in [-0.3, -0.25) is 9.59 Å². The second kappa shape index (κ2) is 8.11. The van der Waals surface area contributed by atoms with E-state index in [2.05, 4.69) is 10.6 Å². The molecule has 1 fully saturated rings. The largest absolute Gasteiger partial charge is 0.481 e. The van der Waals surface area contributed by atoms with Crippen LogP contribution in [0.1, 0.15) is 35.7 Å². The van der Waals surface area contributed by atoms with Gasteiger partial charge < -0.3 is 15.4 Å². The first-order valence-corrected chi connectivity index (χ1v) is 8.92. The molecule has 2 aromatic carbocycles. The normalized spacial score (nSPS) is 14.0. The summed E-state index contributed by atoms with van der Waals surface area (Å²) in [5.41, 5.74) is 1.29. The first-order chi connectivity index (χ1) is 13.0. The first-order valence-electron chi connectivity index (χ1n) is 8.54. The number of amides is 2. The molecule has 0 radical (unpaired) electrons. The van der Waals surface area contributed by atoms with E-state index in [0.29, 0.717) is 27.6 Å². The molecule has 1 aliphatic carbocycles. The molecule has 0 heterocycles. The smallest absolute Gasteiger partial charge is 0.265 e. The van der Waals surface area contributed by atoms with Gasteiger partial charge in [0.05, 0.1) is 22.2 Å². The van der Waals surface area contributed by atoms with Crippen LogP contribution in [0.15, 0.2) is 42.5 Å². The van der Waals surface area contributed by atoms with Gasteiger partial charge >= 0.3 is 0 Å². The van der Waals surface area contributed by atoms with Crippen molar-refractivity contribution in [1.82, 2.24) is 5.32 Å². The van der Waals surface area contributed by atoms with Crippen molar-refractivity contribution in [3.05, 3.63) is 58.6 Å².